The molecule has 0 aromatic heterocycles. The normalized spacial score (nSPS) is 31.9. The summed E-state index contributed by atoms with van der Waals surface area (Å²) in [6.45, 7) is 3.70. The maximum atomic E-state index is 12.7. The molecule has 4 bridgehead atoms. The van der Waals surface area contributed by atoms with Gasteiger partial charge in [-0.05, 0) is 43.9 Å². The Bertz CT molecular complexity index is 592. The monoisotopic (exact) mass is 522 g/mol. The Hall–Kier alpha value is -0.930. The molecule has 8 nitrogen and oxygen atoms in total. The third-order valence-corrected chi connectivity index (χ3v) is 8.00. The van der Waals surface area contributed by atoms with E-state index in [1.165, 1.54) is 6.42 Å². The Balaban J connectivity index is -0.00000136. The number of carbonyl (C=O) groups is 1. The van der Waals surface area contributed by atoms with Crippen LogP contribution in [0.4, 0.5) is 4.79 Å². The number of urea groups is 1. The van der Waals surface area contributed by atoms with Gasteiger partial charge in [0.15, 0.2) is 0 Å². The molecule has 2 amide bonds. The van der Waals surface area contributed by atoms with Crippen molar-refractivity contribution in [2.24, 2.45) is 23.7 Å². The lowest BCUT2D eigenvalue weighted by Crippen LogP contribution is -2.65. The largest absolute Gasteiger partial charge is 0.378 e. The Morgan fingerprint density at radius 3 is 1.44 bits per heavy atom. The number of morpholine rings is 1. The summed E-state index contributed by atoms with van der Waals surface area (Å²) in [4.78, 5) is 40.4. The number of hydrogen-bond acceptors (Lipinski definition) is 6. The fourth-order valence-electron chi connectivity index (χ4n) is 6.58. The van der Waals surface area contributed by atoms with E-state index in [4.69, 9.17) is 24.3 Å². The summed E-state index contributed by atoms with van der Waals surface area (Å²) in [5, 5.41) is 0. The molecule has 36 heavy (non-hydrogen) atoms. The van der Waals surface area contributed by atoms with Crippen LogP contribution in [0.5, 0.6) is 0 Å². The van der Waals surface area contributed by atoms with Gasteiger partial charge in [0.05, 0.1) is 13.2 Å². The van der Waals surface area contributed by atoms with Gasteiger partial charge in [-0.1, -0.05) is 59.4 Å². The molecule has 0 aromatic carbocycles. The maximum Gasteiger partial charge on any atom is 0.320 e. The molecule has 0 atom stereocenters. The fraction of sp³-hybridized carbons (Fsp3) is 0.964. The van der Waals surface area contributed by atoms with E-state index in [1.54, 1.807) is 0 Å². The van der Waals surface area contributed by atoms with Crippen LogP contribution in [-0.4, -0.2) is 66.8 Å². The first-order chi connectivity index (χ1) is 13.7. The third kappa shape index (κ3) is 6.37. The molecule has 3 heterocycles. The summed E-state index contributed by atoms with van der Waals surface area (Å²) in [5.41, 5.74) is 0. The van der Waals surface area contributed by atoms with E-state index in [1.807, 2.05) is 9.80 Å². The first-order valence-corrected chi connectivity index (χ1v) is 11.0. The minimum atomic E-state index is -0.887. The van der Waals surface area contributed by atoms with E-state index in [2.05, 4.69) is 0 Å². The van der Waals surface area contributed by atoms with Crippen molar-refractivity contribution < 1.29 is 29.1 Å². The quantitative estimate of drug-likeness (QED) is 0.309. The molecule has 2 spiro atoms. The van der Waals surface area contributed by atoms with E-state index in [0.29, 0.717) is 64.1 Å². The predicted molar refractivity (Wildman–Crippen MR) is 149 cm³/mol. The standard InChI is InChI=1S/C20H30N2O6.8CH4/c23-18(22-5-7-24-8-6-22)21-3-1-19(2-4-21)25-27-20(28-26-19)16-10-14-9-15(12-16)13-17(20)11-14;;;;;;;;/h14-17H,1-13H2;8*1H4. The van der Waals surface area contributed by atoms with Crippen LogP contribution in [0.3, 0.4) is 0 Å². The summed E-state index contributed by atoms with van der Waals surface area (Å²) < 4.78 is 5.34. The summed E-state index contributed by atoms with van der Waals surface area (Å²) in [6, 6.07) is 0.0771. The van der Waals surface area contributed by atoms with Gasteiger partial charge in [-0.2, -0.15) is 19.6 Å². The molecule has 7 rings (SSSR count). The van der Waals surface area contributed by atoms with Crippen molar-refractivity contribution in [2.75, 3.05) is 39.4 Å². The second-order valence-electron chi connectivity index (χ2n) is 9.64. The minimum absolute atomic E-state index is 0. The van der Waals surface area contributed by atoms with E-state index in [-0.39, 0.29) is 65.4 Å². The van der Waals surface area contributed by atoms with Crippen LogP contribution in [0.1, 0.15) is 104 Å². The molecule has 0 unspecified atom stereocenters. The zero-order valence-corrected chi connectivity index (χ0v) is 16.3. The lowest BCUT2D eigenvalue weighted by molar-refractivity contribution is -0.680. The van der Waals surface area contributed by atoms with Crippen molar-refractivity contribution in [3.63, 3.8) is 0 Å². The van der Waals surface area contributed by atoms with Gasteiger partial charge in [0.25, 0.3) is 0 Å². The lowest BCUT2D eigenvalue weighted by atomic mass is 9.53. The van der Waals surface area contributed by atoms with Crippen LogP contribution in [0.2, 0.25) is 0 Å². The number of likely N-dealkylation sites (tertiary alicyclic amines) is 1. The maximum absolute atomic E-state index is 12.7. The number of carbonyl (C=O) groups excluding carboxylic acids is 1. The highest BCUT2D eigenvalue weighted by Gasteiger charge is 2.64. The number of hydrogen-bond donors (Lipinski definition) is 0. The number of amides is 2. The van der Waals surface area contributed by atoms with Gasteiger partial charge in [0.2, 0.25) is 11.6 Å². The SMILES string of the molecule is C.C.C.C.C.C.C.C.O=C(N1CCOCC1)N1CCC2(CC1)OOC1(OO2)C2CC3CC(C2)CC1C3. The minimum Gasteiger partial charge on any atom is -0.378 e. The fourth-order valence-corrected chi connectivity index (χ4v) is 6.58. The molecule has 8 heteroatoms. The second kappa shape index (κ2) is 14.9. The van der Waals surface area contributed by atoms with E-state index >= 15 is 0 Å². The van der Waals surface area contributed by atoms with Gasteiger partial charge < -0.3 is 14.5 Å². The van der Waals surface area contributed by atoms with Gasteiger partial charge in [0, 0.05) is 50.9 Å². The van der Waals surface area contributed by atoms with Gasteiger partial charge >= 0.3 is 6.03 Å². The number of rotatable bonds is 0. The molecule has 0 N–H and O–H groups in total. The van der Waals surface area contributed by atoms with Crippen LogP contribution in [0.15, 0.2) is 0 Å². The van der Waals surface area contributed by atoms with Crippen molar-refractivity contribution in [1.82, 2.24) is 9.80 Å². The highest BCUT2D eigenvalue weighted by molar-refractivity contribution is 5.74. The summed E-state index contributed by atoms with van der Waals surface area (Å²) >= 11 is 0. The highest BCUT2D eigenvalue weighted by atomic mass is 17.4. The molecule has 7 fully saturated rings. The van der Waals surface area contributed by atoms with E-state index < -0.39 is 11.6 Å². The van der Waals surface area contributed by atoms with Crippen molar-refractivity contribution in [2.45, 2.75) is 116 Å². The number of piperidine rings is 1. The summed E-state index contributed by atoms with van der Waals surface area (Å²) in [6.07, 6.45) is 7.13. The van der Waals surface area contributed by atoms with Crippen LogP contribution in [-0.2, 0) is 24.3 Å². The van der Waals surface area contributed by atoms with Gasteiger partial charge in [-0.15, -0.1) is 0 Å². The third-order valence-electron chi connectivity index (χ3n) is 8.00. The Morgan fingerprint density at radius 1 is 0.583 bits per heavy atom. The zero-order valence-electron chi connectivity index (χ0n) is 16.3. The molecule has 0 radical (unpaired) electrons. The average molecular weight is 523 g/mol. The van der Waals surface area contributed by atoms with E-state index in [9.17, 15) is 4.79 Å². The lowest BCUT2D eigenvalue weighted by Gasteiger charge is -2.60. The van der Waals surface area contributed by atoms with Gasteiger partial charge in [-0.3, -0.25) is 0 Å². The smallest absolute Gasteiger partial charge is 0.320 e. The van der Waals surface area contributed by atoms with Crippen molar-refractivity contribution in [3.05, 3.63) is 0 Å². The molecule has 220 valence electrons. The van der Waals surface area contributed by atoms with Crippen molar-refractivity contribution in [1.29, 1.82) is 0 Å². The van der Waals surface area contributed by atoms with Crippen molar-refractivity contribution >= 4 is 6.03 Å². The molecule has 7 aliphatic rings. The zero-order chi connectivity index (χ0) is 18.8. The van der Waals surface area contributed by atoms with Crippen LogP contribution >= 0.6 is 0 Å². The number of nitrogens with zero attached hydrogens (tertiary/aromatic N) is 2. The van der Waals surface area contributed by atoms with Gasteiger partial charge in [-0.25, -0.2) is 4.79 Å². The average Bonchev–Trinajstić information content (AvgIpc) is 2.74. The first-order valence-electron chi connectivity index (χ1n) is 11.0. The Morgan fingerprint density at radius 2 is 1.00 bits per heavy atom. The van der Waals surface area contributed by atoms with Crippen LogP contribution < -0.4 is 0 Å². The predicted octanol–water partition coefficient (Wildman–Crippen LogP) is 7.38. The van der Waals surface area contributed by atoms with Crippen LogP contribution in [0.25, 0.3) is 0 Å². The topological polar surface area (TPSA) is 69.7 Å². The molecule has 4 saturated carbocycles. The molecular formula is C28H62N2O6. The summed E-state index contributed by atoms with van der Waals surface area (Å²) in [7, 11) is 0. The molecule has 3 aliphatic heterocycles. The van der Waals surface area contributed by atoms with Gasteiger partial charge in [0.1, 0.15) is 0 Å². The van der Waals surface area contributed by atoms with Crippen molar-refractivity contribution in [3.8, 4) is 0 Å². The number of ether oxygens (including phenoxy) is 1. The summed E-state index contributed by atoms with van der Waals surface area (Å²) in [5.74, 6) is 0.811. The molecule has 4 aliphatic carbocycles. The molecule has 3 saturated heterocycles. The van der Waals surface area contributed by atoms with Crippen LogP contribution in [0, 0.1) is 23.7 Å². The molecular weight excluding hydrogens is 460 g/mol. The highest BCUT2D eigenvalue weighted by Crippen LogP contribution is 2.61. The Labute approximate surface area is 224 Å². The second-order valence-corrected chi connectivity index (χ2v) is 9.64. The molecule has 0 aromatic rings. The van der Waals surface area contributed by atoms with E-state index in [0.717, 1.165) is 37.5 Å². The first kappa shape index (κ1) is 39.6. The Kier molecular flexibility index (Phi) is 16.3.